The topological polar surface area (TPSA) is 34.9 Å². The number of aromatic nitrogens is 2. The molecule has 96 valence electrons. The quantitative estimate of drug-likeness (QED) is 0.788. The molecule has 0 unspecified atom stereocenters. The van der Waals surface area contributed by atoms with Crippen molar-refractivity contribution in [2.45, 2.75) is 19.6 Å². The van der Waals surface area contributed by atoms with Crippen LogP contribution in [-0.2, 0) is 6.54 Å². The van der Waals surface area contributed by atoms with Gasteiger partial charge in [0, 0.05) is 11.9 Å². The molecule has 0 saturated heterocycles. The largest absolute Gasteiger partial charge is 0.406 e. The Morgan fingerprint density at radius 1 is 1.44 bits per heavy atom. The average molecular weight is 277 g/mol. The monoisotopic (exact) mass is 276 g/mol. The van der Waals surface area contributed by atoms with Crippen molar-refractivity contribution < 1.29 is 18.0 Å². The Hall–Kier alpha value is -1.56. The molecule has 0 fully saturated rings. The van der Waals surface area contributed by atoms with Gasteiger partial charge >= 0.3 is 6.18 Å². The third-order valence-electron chi connectivity index (χ3n) is 2.36. The Morgan fingerprint density at radius 2 is 2.11 bits per heavy atom. The van der Waals surface area contributed by atoms with E-state index in [1.807, 2.05) is 0 Å². The Labute approximate surface area is 105 Å². The molecular weight excluding hydrogens is 269 g/mol. The van der Waals surface area contributed by atoms with Crippen LogP contribution in [0.3, 0.4) is 0 Å². The van der Waals surface area contributed by atoms with E-state index in [0.29, 0.717) is 5.02 Å². The average Bonchev–Trinajstić information content (AvgIpc) is 2.54. The highest BCUT2D eigenvalue weighted by Gasteiger charge is 2.31. The zero-order chi connectivity index (χ0) is 13.5. The maximum atomic E-state index is 12.5. The first-order valence-electron chi connectivity index (χ1n) is 5.01. The van der Waals surface area contributed by atoms with E-state index in [2.05, 4.69) is 4.98 Å². The molecule has 0 aliphatic carbocycles. The summed E-state index contributed by atoms with van der Waals surface area (Å²) < 4.78 is 38.3. The number of hydrogen-bond donors (Lipinski definition) is 0. The van der Waals surface area contributed by atoms with Crippen molar-refractivity contribution in [2.24, 2.45) is 0 Å². The Balaban J connectivity index is 2.67. The first-order valence-corrected chi connectivity index (χ1v) is 5.39. The third-order valence-corrected chi connectivity index (χ3v) is 2.60. The molecule has 0 aliphatic rings. The lowest BCUT2D eigenvalue weighted by Gasteiger charge is -2.10. The van der Waals surface area contributed by atoms with E-state index in [1.54, 1.807) is 0 Å². The fourth-order valence-electron chi connectivity index (χ4n) is 1.71. The second-order valence-electron chi connectivity index (χ2n) is 3.83. The maximum Gasteiger partial charge on any atom is 0.406 e. The number of carbonyl (C=O) groups excluding carboxylic acids is 1. The highest BCUT2D eigenvalue weighted by atomic mass is 35.5. The normalized spacial score (nSPS) is 12.1. The van der Waals surface area contributed by atoms with Crippen LogP contribution >= 0.6 is 11.6 Å². The first kappa shape index (κ1) is 12.9. The van der Waals surface area contributed by atoms with Crippen LogP contribution in [0.5, 0.6) is 0 Å². The maximum absolute atomic E-state index is 12.5. The minimum atomic E-state index is -4.42. The molecule has 0 saturated carbocycles. The van der Waals surface area contributed by atoms with E-state index in [4.69, 9.17) is 11.6 Å². The molecular formula is C11H8ClF3N2O. The zero-order valence-electron chi connectivity index (χ0n) is 9.25. The molecule has 18 heavy (non-hydrogen) atoms. The number of rotatable bonds is 2. The molecule has 1 aromatic heterocycles. The van der Waals surface area contributed by atoms with Crippen molar-refractivity contribution in [1.82, 2.24) is 9.55 Å². The van der Waals surface area contributed by atoms with Crippen molar-refractivity contribution in [3.05, 3.63) is 29.0 Å². The van der Waals surface area contributed by atoms with Gasteiger partial charge in [0.15, 0.2) is 11.6 Å². The predicted molar refractivity (Wildman–Crippen MR) is 60.8 cm³/mol. The van der Waals surface area contributed by atoms with Crippen molar-refractivity contribution in [1.29, 1.82) is 0 Å². The van der Waals surface area contributed by atoms with Gasteiger partial charge in [-0.25, -0.2) is 4.98 Å². The van der Waals surface area contributed by atoms with Crippen LogP contribution in [0.2, 0.25) is 5.02 Å². The Bertz CT molecular complexity index is 619. The molecule has 0 spiro atoms. The molecule has 3 nitrogen and oxygen atoms in total. The number of imidazole rings is 1. The van der Waals surface area contributed by atoms with E-state index in [0.717, 1.165) is 4.57 Å². The van der Waals surface area contributed by atoms with E-state index >= 15 is 0 Å². The molecule has 0 atom stereocenters. The lowest BCUT2D eigenvalue weighted by atomic mass is 10.3. The van der Waals surface area contributed by atoms with Crippen LogP contribution in [0.25, 0.3) is 11.0 Å². The minimum Gasteiger partial charge on any atom is -0.312 e. The highest BCUT2D eigenvalue weighted by molar-refractivity contribution is 6.31. The molecule has 2 rings (SSSR count). The van der Waals surface area contributed by atoms with E-state index < -0.39 is 18.5 Å². The lowest BCUT2D eigenvalue weighted by Crippen LogP contribution is -2.20. The van der Waals surface area contributed by atoms with Crippen molar-refractivity contribution >= 4 is 28.4 Å². The van der Waals surface area contributed by atoms with Gasteiger partial charge < -0.3 is 4.57 Å². The SMILES string of the molecule is CC(=O)c1nc2cc(Cl)ccc2n1CC(F)(F)F. The summed E-state index contributed by atoms with van der Waals surface area (Å²) in [5, 5.41) is 0.356. The molecule has 1 aromatic carbocycles. The number of Topliss-reactive ketones (excluding diaryl/α,β-unsaturated/α-hetero) is 1. The van der Waals surface area contributed by atoms with Crippen molar-refractivity contribution in [3.8, 4) is 0 Å². The summed E-state index contributed by atoms with van der Waals surface area (Å²) in [5.41, 5.74) is 0.513. The molecule has 0 N–H and O–H groups in total. The minimum absolute atomic E-state index is 0.218. The standard InChI is InChI=1S/C11H8ClF3N2O/c1-6(18)10-16-8-4-7(12)2-3-9(8)17(10)5-11(13,14)15/h2-4H,5H2,1H3. The molecule has 0 aliphatic heterocycles. The third kappa shape index (κ3) is 2.48. The van der Waals surface area contributed by atoms with Gasteiger partial charge in [0.1, 0.15) is 6.54 Å². The molecule has 2 aromatic rings. The summed E-state index contributed by atoms with van der Waals surface area (Å²) >= 11 is 5.74. The van der Waals surface area contributed by atoms with E-state index in [1.165, 1.54) is 25.1 Å². The number of hydrogen-bond acceptors (Lipinski definition) is 2. The van der Waals surface area contributed by atoms with Gasteiger partial charge in [-0.2, -0.15) is 13.2 Å². The fourth-order valence-corrected chi connectivity index (χ4v) is 1.88. The van der Waals surface area contributed by atoms with E-state index in [9.17, 15) is 18.0 Å². The van der Waals surface area contributed by atoms with Gasteiger partial charge in [-0.15, -0.1) is 0 Å². The number of benzene rings is 1. The number of alkyl halides is 3. The highest BCUT2D eigenvalue weighted by Crippen LogP contribution is 2.25. The van der Waals surface area contributed by atoms with Crippen LogP contribution in [0, 0.1) is 0 Å². The molecule has 0 bridgehead atoms. The van der Waals surface area contributed by atoms with Gasteiger partial charge in [-0.1, -0.05) is 11.6 Å². The number of carbonyl (C=O) groups is 1. The number of ketones is 1. The van der Waals surface area contributed by atoms with Gasteiger partial charge in [-0.3, -0.25) is 4.79 Å². The predicted octanol–water partition coefficient (Wildman–Crippen LogP) is 3.45. The molecule has 0 amide bonds. The number of fused-ring (bicyclic) bond motifs is 1. The van der Waals surface area contributed by atoms with Crippen LogP contribution < -0.4 is 0 Å². The smallest absolute Gasteiger partial charge is 0.312 e. The number of nitrogens with zero attached hydrogens (tertiary/aromatic N) is 2. The second kappa shape index (κ2) is 4.28. The van der Waals surface area contributed by atoms with Gasteiger partial charge in [0.05, 0.1) is 11.0 Å². The van der Waals surface area contributed by atoms with Gasteiger partial charge in [0.2, 0.25) is 0 Å². The lowest BCUT2D eigenvalue weighted by molar-refractivity contribution is -0.140. The summed E-state index contributed by atoms with van der Waals surface area (Å²) in [7, 11) is 0. The van der Waals surface area contributed by atoms with Gasteiger partial charge in [-0.05, 0) is 18.2 Å². The van der Waals surface area contributed by atoms with Crippen LogP contribution in [0.4, 0.5) is 13.2 Å². The van der Waals surface area contributed by atoms with Crippen LogP contribution in [0.1, 0.15) is 17.5 Å². The summed E-state index contributed by atoms with van der Waals surface area (Å²) in [6.07, 6.45) is -4.42. The van der Waals surface area contributed by atoms with Crippen LogP contribution in [0.15, 0.2) is 18.2 Å². The summed E-state index contributed by atoms with van der Waals surface area (Å²) in [4.78, 5) is 15.2. The number of halogens is 4. The molecule has 1 heterocycles. The molecule has 0 radical (unpaired) electrons. The first-order chi connectivity index (χ1) is 8.28. The summed E-state index contributed by atoms with van der Waals surface area (Å²) in [6.45, 7) is -0.0737. The van der Waals surface area contributed by atoms with Crippen molar-refractivity contribution in [3.63, 3.8) is 0 Å². The van der Waals surface area contributed by atoms with Crippen LogP contribution in [-0.4, -0.2) is 21.5 Å². The zero-order valence-corrected chi connectivity index (χ0v) is 10.0. The fraction of sp³-hybridized carbons (Fsp3) is 0.273. The van der Waals surface area contributed by atoms with Gasteiger partial charge in [0.25, 0.3) is 0 Å². The summed E-state index contributed by atoms with van der Waals surface area (Å²) in [5.74, 6) is -0.740. The van der Waals surface area contributed by atoms with Crippen molar-refractivity contribution in [2.75, 3.05) is 0 Å². The summed E-state index contributed by atoms with van der Waals surface area (Å²) in [6, 6.07) is 4.31. The van der Waals surface area contributed by atoms with E-state index in [-0.39, 0.29) is 16.9 Å². The Morgan fingerprint density at radius 3 is 2.67 bits per heavy atom. The Kier molecular flexibility index (Phi) is 3.06. The molecule has 7 heteroatoms. The second-order valence-corrected chi connectivity index (χ2v) is 4.26.